The fourth-order valence-electron chi connectivity index (χ4n) is 1.34. The number of aromatic nitrogens is 2. The van der Waals surface area contributed by atoms with Gasteiger partial charge < -0.3 is 11.1 Å². The third kappa shape index (κ3) is 2.76. The molecule has 1 aromatic carbocycles. The van der Waals surface area contributed by atoms with Crippen LogP contribution < -0.4 is 11.1 Å². The Kier molecular flexibility index (Phi) is 3.30. The third-order valence-corrected chi connectivity index (χ3v) is 2.55. The Bertz CT molecular complexity index is 521. The average Bonchev–Trinajstić information content (AvgIpc) is 2.73. The Balaban J connectivity index is 1.98. The number of halogens is 1. The van der Waals surface area contributed by atoms with Crippen LogP contribution in [0.5, 0.6) is 0 Å². The number of carbonyl (C=O) groups is 1. The highest BCUT2D eigenvalue weighted by Gasteiger charge is 2.06. The number of aromatic amines is 1. The molecule has 5 nitrogen and oxygen atoms in total. The molecule has 1 heterocycles. The normalized spacial score (nSPS) is 10.2. The lowest BCUT2D eigenvalue weighted by Gasteiger charge is -2.04. The van der Waals surface area contributed by atoms with Crippen LogP contribution in [0.15, 0.2) is 30.5 Å². The Morgan fingerprint density at radius 1 is 1.41 bits per heavy atom. The van der Waals surface area contributed by atoms with Crippen molar-refractivity contribution in [1.82, 2.24) is 15.5 Å². The molecule has 0 fully saturated rings. The van der Waals surface area contributed by atoms with Gasteiger partial charge in [0.25, 0.3) is 5.91 Å². The molecule has 0 saturated carbocycles. The van der Waals surface area contributed by atoms with Crippen molar-refractivity contribution in [3.05, 3.63) is 46.6 Å². The Hall–Kier alpha value is -2.01. The van der Waals surface area contributed by atoms with Gasteiger partial charge in [0.2, 0.25) is 0 Å². The highest BCUT2D eigenvalue weighted by Crippen LogP contribution is 2.10. The van der Waals surface area contributed by atoms with Crippen LogP contribution >= 0.6 is 11.6 Å². The Morgan fingerprint density at radius 3 is 2.71 bits per heavy atom. The molecule has 4 N–H and O–H groups in total. The quantitative estimate of drug-likeness (QED) is 0.773. The number of anilines is 1. The van der Waals surface area contributed by atoms with Crippen LogP contribution in [0.4, 0.5) is 5.82 Å². The number of benzene rings is 1. The van der Waals surface area contributed by atoms with Gasteiger partial charge in [-0.2, -0.15) is 5.10 Å². The average molecular weight is 251 g/mol. The SMILES string of the molecule is Nc1[nH]ncc1CNC(=O)c1ccc(Cl)cc1. The van der Waals surface area contributed by atoms with Crippen molar-refractivity contribution in [1.29, 1.82) is 0 Å². The van der Waals surface area contributed by atoms with Crippen LogP contribution in [0.1, 0.15) is 15.9 Å². The van der Waals surface area contributed by atoms with Crippen LogP contribution in [-0.4, -0.2) is 16.1 Å². The van der Waals surface area contributed by atoms with Gasteiger partial charge in [0.15, 0.2) is 0 Å². The second kappa shape index (κ2) is 4.88. The maximum Gasteiger partial charge on any atom is 0.251 e. The standard InChI is InChI=1S/C11H11ClN4O/c12-9-3-1-7(2-4-9)11(17)14-5-8-6-15-16-10(8)13/h1-4,6H,5H2,(H,14,17)(H3,13,15,16). The maximum atomic E-state index is 11.7. The van der Waals surface area contributed by atoms with Gasteiger partial charge in [-0.15, -0.1) is 0 Å². The first-order valence-corrected chi connectivity index (χ1v) is 5.36. The molecule has 0 bridgehead atoms. The number of amides is 1. The molecular weight excluding hydrogens is 240 g/mol. The molecule has 1 amide bonds. The van der Waals surface area contributed by atoms with E-state index in [4.69, 9.17) is 17.3 Å². The molecule has 0 radical (unpaired) electrons. The Morgan fingerprint density at radius 2 is 2.12 bits per heavy atom. The predicted molar refractivity (Wildman–Crippen MR) is 65.6 cm³/mol. The van der Waals surface area contributed by atoms with Crippen molar-refractivity contribution >= 4 is 23.3 Å². The van der Waals surface area contributed by atoms with Gasteiger partial charge in [-0.3, -0.25) is 9.89 Å². The third-order valence-electron chi connectivity index (χ3n) is 2.30. The number of nitrogens with zero attached hydrogens (tertiary/aromatic N) is 1. The number of rotatable bonds is 3. The van der Waals surface area contributed by atoms with E-state index in [0.29, 0.717) is 22.9 Å². The summed E-state index contributed by atoms with van der Waals surface area (Å²) in [6.45, 7) is 0.337. The maximum absolute atomic E-state index is 11.7. The zero-order valence-corrected chi connectivity index (χ0v) is 9.66. The van der Waals surface area contributed by atoms with Gasteiger partial charge in [-0.05, 0) is 24.3 Å². The van der Waals surface area contributed by atoms with Crippen LogP contribution in [0.2, 0.25) is 5.02 Å². The summed E-state index contributed by atoms with van der Waals surface area (Å²) >= 11 is 5.73. The van der Waals surface area contributed by atoms with Gasteiger partial charge in [-0.1, -0.05) is 11.6 Å². The number of nitrogen functional groups attached to an aromatic ring is 1. The summed E-state index contributed by atoms with van der Waals surface area (Å²) in [5, 5.41) is 9.70. The molecule has 2 aromatic rings. The zero-order valence-electron chi connectivity index (χ0n) is 8.90. The van der Waals surface area contributed by atoms with Gasteiger partial charge in [0.1, 0.15) is 5.82 Å². The predicted octanol–water partition coefficient (Wildman–Crippen LogP) is 1.58. The Labute approximate surface area is 103 Å². The van der Waals surface area contributed by atoms with E-state index < -0.39 is 0 Å². The van der Waals surface area contributed by atoms with E-state index >= 15 is 0 Å². The van der Waals surface area contributed by atoms with E-state index in [9.17, 15) is 4.79 Å². The number of nitrogens with one attached hydrogen (secondary N) is 2. The van der Waals surface area contributed by atoms with E-state index in [1.165, 1.54) is 0 Å². The van der Waals surface area contributed by atoms with E-state index in [2.05, 4.69) is 15.5 Å². The lowest BCUT2D eigenvalue weighted by Crippen LogP contribution is -2.22. The second-order valence-corrected chi connectivity index (χ2v) is 3.93. The number of carbonyl (C=O) groups excluding carboxylic acids is 1. The molecule has 0 aliphatic rings. The largest absolute Gasteiger partial charge is 0.384 e. The van der Waals surface area contributed by atoms with Crippen molar-refractivity contribution in [2.24, 2.45) is 0 Å². The second-order valence-electron chi connectivity index (χ2n) is 3.50. The number of H-pyrrole nitrogens is 1. The highest BCUT2D eigenvalue weighted by atomic mass is 35.5. The van der Waals surface area contributed by atoms with Gasteiger partial charge in [0, 0.05) is 22.7 Å². The van der Waals surface area contributed by atoms with Gasteiger partial charge in [-0.25, -0.2) is 0 Å². The molecule has 17 heavy (non-hydrogen) atoms. The molecule has 1 aromatic heterocycles. The van der Waals surface area contributed by atoms with Crippen LogP contribution in [0.25, 0.3) is 0 Å². The van der Waals surface area contributed by atoms with Gasteiger partial charge in [0.05, 0.1) is 6.20 Å². The van der Waals surface area contributed by atoms with Crippen molar-refractivity contribution in [3.8, 4) is 0 Å². The lowest BCUT2D eigenvalue weighted by atomic mass is 10.2. The number of hydrogen-bond acceptors (Lipinski definition) is 3. The van der Waals surface area contributed by atoms with Crippen molar-refractivity contribution in [2.75, 3.05) is 5.73 Å². The summed E-state index contributed by atoms with van der Waals surface area (Å²) in [5.41, 5.74) is 6.91. The molecule has 2 rings (SSSR count). The molecule has 0 aliphatic heterocycles. The summed E-state index contributed by atoms with van der Waals surface area (Å²) in [6.07, 6.45) is 1.58. The molecule has 0 spiro atoms. The van der Waals surface area contributed by atoms with Gasteiger partial charge >= 0.3 is 0 Å². The van der Waals surface area contributed by atoms with Crippen LogP contribution in [-0.2, 0) is 6.54 Å². The summed E-state index contributed by atoms with van der Waals surface area (Å²) < 4.78 is 0. The minimum atomic E-state index is -0.178. The van der Waals surface area contributed by atoms with Crippen molar-refractivity contribution in [3.63, 3.8) is 0 Å². The molecule has 0 unspecified atom stereocenters. The minimum Gasteiger partial charge on any atom is -0.384 e. The molecule has 0 saturated heterocycles. The number of nitrogens with two attached hydrogens (primary N) is 1. The number of hydrogen-bond donors (Lipinski definition) is 3. The first-order chi connectivity index (χ1) is 8.16. The molecule has 6 heteroatoms. The smallest absolute Gasteiger partial charge is 0.251 e. The molecule has 0 atom stereocenters. The first kappa shape index (κ1) is 11.5. The summed E-state index contributed by atoms with van der Waals surface area (Å²) in [4.78, 5) is 11.7. The fourth-order valence-corrected chi connectivity index (χ4v) is 1.47. The summed E-state index contributed by atoms with van der Waals surface area (Å²) in [7, 11) is 0. The van der Waals surface area contributed by atoms with Crippen molar-refractivity contribution < 1.29 is 4.79 Å². The van der Waals surface area contributed by atoms with Crippen LogP contribution in [0, 0.1) is 0 Å². The zero-order chi connectivity index (χ0) is 12.3. The van der Waals surface area contributed by atoms with E-state index in [1.807, 2.05) is 0 Å². The topological polar surface area (TPSA) is 83.8 Å². The van der Waals surface area contributed by atoms with E-state index in [0.717, 1.165) is 5.56 Å². The van der Waals surface area contributed by atoms with Crippen molar-refractivity contribution in [2.45, 2.75) is 6.54 Å². The minimum absolute atomic E-state index is 0.178. The van der Waals surface area contributed by atoms with Crippen LogP contribution in [0.3, 0.4) is 0 Å². The van der Waals surface area contributed by atoms with E-state index in [-0.39, 0.29) is 5.91 Å². The molecule has 0 aliphatic carbocycles. The fraction of sp³-hybridized carbons (Fsp3) is 0.0909. The summed E-state index contributed by atoms with van der Waals surface area (Å²) in [6, 6.07) is 6.66. The highest BCUT2D eigenvalue weighted by molar-refractivity contribution is 6.30. The van der Waals surface area contributed by atoms with E-state index in [1.54, 1.807) is 30.5 Å². The molecule has 88 valence electrons. The monoisotopic (exact) mass is 250 g/mol. The summed E-state index contributed by atoms with van der Waals surface area (Å²) in [5.74, 6) is 0.281. The molecular formula is C11H11ClN4O. The lowest BCUT2D eigenvalue weighted by molar-refractivity contribution is 0.0951. The first-order valence-electron chi connectivity index (χ1n) is 4.98.